The predicted molar refractivity (Wildman–Crippen MR) is 81.8 cm³/mol. The Morgan fingerprint density at radius 3 is 2.84 bits per heavy atom. The Morgan fingerprint density at radius 1 is 1.37 bits per heavy atom. The Morgan fingerprint density at radius 2 is 2.16 bits per heavy atom. The van der Waals surface area contributed by atoms with Crippen LogP contribution < -0.4 is 5.32 Å². The Bertz CT molecular complexity index is 369. The zero-order valence-electron chi connectivity index (χ0n) is 12.2. The first-order chi connectivity index (χ1) is 9.13. The van der Waals surface area contributed by atoms with E-state index in [1.807, 2.05) is 12.1 Å². The zero-order chi connectivity index (χ0) is 14.1. The number of hydrogen-bond donors (Lipinski definition) is 1. The number of nitrogens with zero attached hydrogens (tertiary/aromatic N) is 1. The minimum Gasteiger partial charge on any atom is -0.375 e. The molecule has 0 atom stereocenters. The lowest BCUT2D eigenvalue weighted by molar-refractivity contribution is 0.112. The van der Waals surface area contributed by atoms with E-state index in [0.29, 0.717) is 11.6 Å². The van der Waals surface area contributed by atoms with Gasteiger partial charge in [0.1, 0.15) is 5.82 Å². The van der Waals surface area contributed by atoms with Crippen LogP contribution in [0.5, 0.6) is 0 Å². The molecule has 19 heavy (non-hydrogen) atoms. The molecule has 0 aliphatic heterocycles. The Balaban J connectivity index is 2.39. The van der Waals surface area contributed by atoms with Gasteiger partial charge in [-0.3, -0.25) is 0 Å². The molecule has 1 heterocycles. The summed E-state index contributed by atoms with van der Waals surface area (Å²) < 4.78 is 5.64. The summed E-state index contributed by atoms with van der Waals surface area (Å²) in [6, 6.07) is 3.78. The number of hydrogen-bond acceptors (Lipinski definition) is 3. The highest BCUT2D eigenvalue weighted by atomic mass is 35.5. The van der Waals surface area contributed by atoms with Gasteiger partial charge in [0.25, 0.3) is 0 Å². The number of rotatable bonds is 9. The van der Waals surface area contributed by atoms with Crippen LogP contribution in [0.2, 0.25) is 5.02 Å². The van der Waals surface area contributed by atoms with Crippen molar-refractivity contribution in [3.05, 3.63) is 22.8 Å². The van der Waals surface area contributed by atoms with Gasteiger partial charge in [-0.1, -0.05) is 32.4 Å². The van der Waals surface area contributed by atoms with Crippen molar-refractivity contribution in [1.82, 2.24) is 4.98 Å². The van der Waals surface area contributed by atoms with E-state index in [0.717, 1.165) is 43.4 Å². The van der Waals surface area contributed by atoms with Crippen LogP contribution in [-0.2, 0) is 11.3 Å². The molecule has 0 aliphatic carbocycles. The Hall–Kier alpha value is -0.800. The van der Waals surface area contributed by atoms with E-state index >= 15 is 0 Å². The molecule has 0 unspecified atom stereocenters. The fraction of sp³-hybridized carbons (Fsp3) is 0.667. The highest BCUT2D eigenvalue weighted by Gasteiger charge is 2.04. The van der Waals surface area contributed by atoms with Crippen molar-refractivity contribution in [1.29, 1.82) is 0 Å². The predicted octanol–water partition coefficient (Wildman–Crippen LogP) is 4.51. The third kappa shape index (κ3) is 6.79. The average molecular weight is 285 g/mol. The second-order valence-electron chi connectivity index (χ2n) is 5.14. The molecule has 108 valence electrons. The SMILES string of the molecule is CCCNc1ccc(Cl)c(COCCCC(C)C)n1. The standard InChI is InChI=1S/C15H25ClN2O/c1-4-9-17-15-8-7-13(16)14(18-15)11-19-10-5-6-12(2)3/h7-8,12H,4-6,9-11H2,1-3H3,(H,17,18). The van der Waals surface area contributed by atoms with E-state index in [1.54, 1.807) is 0 Å². The lowest BCUT2D eigenvalue weighted by atomic mass is 10.1. The summed E-state index contributed by atoms with van der Waals surface area (Å²) in [5.74, 6) is 1.60. The van der Waals surface area contributed by atoms with Crippen molar-refractivity contribution >= 4 is 17.4 Å². The Kier molecular flexibility index (Phi) is 7.84. The molecule has 1 rings (SSSR count). The maximum Gasteiger partial charge on any atom is 0.126 e. The number of halogens is 1. The van der Waals surface area contributed by atoms with Crippen LogP contribution in [0.4, 0.5) is 5.82 Å². The van der Waals surface area contributed by atoms with Gasteiger partial charge in [-0.05, 0) is 37.3 Å². The first kappa shape index (κ1) is 16.3. The van der Waals surface area contributed by atoms with Gasteiger partial charge >= 0.3 is 0 Å². The molecule has 0 bridgehead atoms. The molecular weight excluding hydrogens is 260 g/mol. The van der Waals surface area contributed by atoms with Gasteiger partial charge in [-0.15, -0.1) is 0 Å². The molecule has 1 aromatic heterocycles. The minimum atomic E-state index is 0.485. The molecule has 0 fully saturated rings. The fourth-order valence-corrected chi connectivity index (χ4v) is 1.86. The van der Waals surface area contributed by atoms with Crippen molar-refractivity contribution in [2.45, 2.75) is 46.6 Å². The monoisotopic (exact) mass is 284 g/mol. The van der Waals surface area contributed by atoms with E-state index in [-0.39, 0.29) is 0 Å². The first-order valence-electron chi connectivity index (χ1n) is 7.10. The van der Waals surface area contributed by atoms with E-state index < -0.39 is 0 Å². The highest BCUT2D eigenvalue weighted by molar-refractivity contribution is 6.31. The number of ether oxygens (including phenoxy) is 1. The van der Waals surface area contributed by atoms with Crippen LogP contribution in [0, 0.1) is 5.92 Å². The average Bonchev–Trinajstić information content (AvgIpc) is 2.38. The van der Waals surface area contributed by atoms with Crippen molar-refractivity contribution < 1.29 is 4.74 Å². The molecular formula is C15H25ClN2O. The summed E-state index contributed by atoms with van der Waals surface area (Å²) in [7, 11) is 0. The lowest BCUT2D eigenvalue weighted by Crippen LogP contribution is -2.05. The molecule has 0 saturated carbocycles. The number of anilines is 1. The molecule has 0 aromatic carbocycles. The number of aromatic nitrogens is 1. The lowest BCUT2D eigenvalue weighted by Gasteiger charge is -2.09. The number of nitrogens with one attached hydrogen (secondary N) is 1. The number of pyridine rings is 1. The second-order valence-corrected chi connectivity index (χ2v) is 5.55. The highest BCUT2D eigenvalue weighted by Crippen LogP contribution is 2.17. The molecule has 0 aliphatic rings. The third-order valence-corrected chi connectivity index (χ3v) is 3.13. The fourth-order valence-electron chi connectivity index (χ4n) is 1.70. The molecule has 0 spiro atoms. The third-order valence-electron chi connectivity index (χ3n) is 2.78. The summed E-state index contributed by atoms with van der Waals surface area (Å²) in [6.07, 6.45) is 3.35. The van der Waals surface area contributed by atoms with E-state index in [9.17, 15) is 0 Å². The summed E-state index contributed by atoms with van der Waals surface area (Å²) in [6.45, 7) is 8.74. The molecule has 0 amide bonds. The van der Waals surface area contributed by atoms with Gasteiger partial charge in [0.15, 0.2) is 0 Å². The topological polar surface area (TPSA) is 34.1 Å². The normalized spacial score (nSPS) is 11.0. The summed E-state index contributed by atoms with van der Waals surface area (Å²) in [5.41, 5.74) is 0.812. The molecule has 3 nitrogen and oxygen atoms in total. The van der Waals surface area contributed by atoms with Gasteiger partial charge < -0.3 is 10.1 Å². The second kappa shape index (κ2) is 9.16. The van der Waals surface area contributed by atoms with Crippen LogP contribution in [0.15, 0.2) is 12.1 Å². The summed E-state index contributed by atoms with van der Waals surface area (Å²) in [5, 5.41) is 3.93. The molecule has 0 saturated heterocycles. The summed E-state index contributed by atoms with van der Waals surface area (Å²) in [4.78, 5) is 4.47. The van der Waals surface area contributed by atoms with E-state index in [1.165, 1.54) is 6.42 Å². The molecule has 0 radical (unpaired) electrons. The Labute approximate surface area is 121 Å². The van der Waals surface area contributed by atoms with Crippen LogP contribution in [0.25, 0.3) is 0 Å². The summed E-state index contributed by atoms with van der Waals surface area (Å²) >= 11 is 6.12. The van der Waals surface area contributed by atoms with Gasteiger partial charge in [0.2, 0.25) is 0 Å². The molecule has 1 N–H and O–H groups in total. The van der Waals surface area contributed by atoms with Crippen molar-refractivity contribution in [3.63, 3.8) is 0 Å². The van der Waals surface area contributed by atoms with Gasteiger partial charge in [-0.25, -0.2) is 4.98 Å². The van der Waals surface area contributed by atoms with Crippen LogP contribution in [0.1, 0.15) is 45.7 Å². The molecule has 4 heteroatoms. The zero-order valence-corrected chi connectivity index (χ0v) is 13.0. The maximum atomic E-state index is 6.12. The van der Waals surface area contributed by atoms with Crippen LogP contribution in [0.3, 0.4) is 0 Å². The van der Waals surface area contributed by atoms with Gasteiger partial charge in [0, 0.05) is 13.2 Å². The maximum absolute atomic E-state index is 6.12. The van der Waals surface area contributed by atoms with Crippen molar-refractivity contribution in [2.75, 3.05) is 18.5 Å². The van der Waals surface area contributed by atoms with Crippen molar-refractivity contribution in [3.8, 4) is 0 Å². The minimum absolute atomic E-state index is 0.485. The van der Waals surface area contributed by atoms with Crippen LogP contribution in [-0.4, -0.2) is 18.1 Å². The quantitative estimate of drug-likeness (QED) is 0.678. The molecule has 1 aromatic rings. The smallest absolute Gasteiger partial charge is 0.126 e. The van der Waals surface area contributed by atoms with Gasteiger partial charge in [-0.2, -0.15) is 0 Å². The first-order valence-corrected chi connectivity index (χ1v) is 7.48. The van der Waals surface area contributed by atoms with Crippen molar-refractivity contribution in [2.24, 2.45) is 5.92 Å². The largest absolute Gasteiger partial charge is 0.375 e. The van der Waals surface area contributed by atoms with E-state index in [2.05, 4.69) is 31.1 Å². The van der Waals surface area contributed by atoms with Gasteiger partial charge in [0.05, 0.1) is 17.3 Å². The van der Waals surface area contributed by atoms with E-state index in [4.69, 9.17) is 16.3 Å². The van der Waals surface area contributed by atoms with Crippen LogP contribution >= 0.6 is 11.6 Å².